The van der Waals surface area contributed by atoms with E-state index in [0.717, 1.165) is 5.56 Å². The van der Waals surface area contributed by atoms with Crippen LogP contribution in [0.1, 0.15) is 11.1 Å². The Bertz CT molecular complexity index is 931. The average Bonchev–Trinajstić information content (AvgIpc) is 3.19. The molecule has 0 aliphatic rings. The third-order valence-corrected chi connectivity index (χ3v) is 3.73. The Labute approximate surface area is 155 Å². The summed E-state index contributed by atoms with van der Waals surface area (Å²) in [7, 11) is 0. The van der Waals surface area contributed by atoms with Crippen molar-refractivity contribution >= 4 is 23.3 Å². The van der Waals surface area contributed by atoms with E-state index in [4.69, 9.17) is 16.9 Å². The number of aromatic nitrogens is 3. The molecule has 1 amide bonds. The van der Waals surface area contributed by atoms with Crippen LogP contribution in [0.4, 0.5) is 5.82 Å². The van der Waals surface area contributed by atoms with E-state index in [1.807, 2.05) is 24.5 Å². The number of hydrogen-bond donors (Lipinski definition) is 2. The fourth-order valence-electron chi connectivity index (χ4n) is 2.25. The molecule has 2 N–H and O–H groups in total. The third-order valence-electron chi connectivity index (χ3n) is 3.56. The van der Waals surface area contributed by atoms with Gasteiger partial charge in [0.05, 0.1) is 18.2 Å². The highest BCUT2D eigenvalue weighted by molar-refractivity contribution is 6.28. The van der Waals surface area contributed by atoms with Gasteiger partial charge < -0.3 is 15.2 Å². The molecule has 130 valence electrons. The highest BCUT2D eigenvalue weighted by Gasteiger charge is 2.07. The Morgan fingerprint density at radius 2 is 1.92 bits per heavy atom. The molecule has 2 aromatic heterocycles. The molecule has 0 atom stereocenters. The maximum atomic E-state index is 12.0. The number of hydrogen-bond acceptors (Lipinski definition) is 5. The molecule has 8 heteroatoms. The molecular formula is C18H15ClN6O. The third kappa shape index (κ3) is 4.59. The quantitative estimate of drug-likeness (QED) is 0.653. The van der Waals surface area contributed by atoms with Gasteiger partial charge in [0.2, 0.25) is 11.2 Å². The number of anilines is 1. The molecule has 2 heterocycles. The first kappa shape index (κ1) is 17.5. The summed E-state index contributed by atoms with van der Waals surface area (Å²) in [6.07, 6.45) is 3.68. The van der Waals surface area contributed by atoms with E-state index < -0.39 is 0 Å². The Hall–Kier alpha value is -3.37. The molecule has 0 bridgehead atoms. The lowest BCUT2D eigenvalue weighted by Gasteiger charge is -2.09. The van der Waals surface area contributed by atoms with Gasteiger partial charge in [0.1, 0.15) is 11.6 Å². The van der Waals surface area contributed by atoms with Crippen LogP contribution in [0, 0.1) is 11.3 Å². The van der Waals surface area contributed by atoms with Crippen LogP contribution in [0.25, 0.3) is 5.82 Å². The number of halogens is 1. The molecule has 1 aromatic carbocycles. The summed E-state index contributed by atoms with van der Waals surface area (Å²) < 4.78 is 1.80. The van der Waals surface area contributed by atoms with E-state index in [9.17, 15) is 4.79 Å². The van der Waals surface area contributed by atoms with Gasteiger partial charge in [-0.05, 0) is 41.4 Å². The minimum atomic E-state index is -0.188. The first-order valence-electron chi connectivity index (χ1n) is 7.81. The highest BCUT2D eigenvalue weighted by atomic mass is 35.5. The molecule has 0 fully saturated rings. The first-order valence-corrected chi connectivity index (χ1v) is 8.19. The molecule has 0 aliphatic carbocycles. The standard InChI is InChI=1S/C18H15ClN6O/c19-18-23-15(9-16(24-18)25-7-1-2-8-25)21-12-17(26)22-11-14-5-3-13(10-20)4-6-14/h1-9H,11-12H2,(H,22,26)(H,21,23,24). The van der Waals surface area contributed by atoms with E-state index in [-0.39, 0.29) is 17.7 Å². The highest BCUT2D eigenvalue weighted by Crippen LogP contribution is 2.14. The summed E-state index contributed by atoms with van der Waals surface area (Å²) in [5.74, 6) is 0.879. The topological polar surface area (TPSA) is 95.6 Å². The van der Waals surface area contributed by atoms with E-state index in [1.165, 1.54) is 0 Å². The van der Waals surface area contributed by atoms with Crippen molar-refractivity contribution in [2.24, 2.45) is 0 Å². The van der Waals surface area contributed by atoms with Crippen LogP contribution in [-0.2, 0) is 11.3 Å². The van der Waals surface area contributed by atoms with Crippen LogP contribution < -0.4 is 10.6 Å². The molecular weight excluding hydrogens is 352 g/mol. The second kappa shape index (κ2) is 8.14. The van der Waals surface area contributed by atoms with Crippen molar-refractivity contribution in [2.45, 2.75) is 6.54 Å². The maximum Gasteiger partial charge on any atom is 0.239 e. The van der Waals surface area contributed by atoms with Crippen molar-refractivity contribution in [2.75, 3.05) is 11.9 Å². The van der Waals surface area contributed by atoms with Crippen molar-refractivity contribution in [1.82, 2.24) is 19.9 Å². The number of amides is 1. The van der Waals surface area contributed by atoms with Crippen molar-refractivity contribution in [3.63, 3.8) is 0 Å². The minimum Gasteiger partial charge on any atom is -0.361 e. The maximum absolute atomic E-state index is 12.0. The molecule has 26 heavy (non-hydrogen) atoms. The molecule has 0 saturated carbocycles. The van der Waals surface area contributed by atoms with Crippen LogP contribution >= 0.6 is 11.6 Å². The average molecular weight is 367 g/mol. The molecule has 3 rings (SSSR count). The molecule has 0 radical (unpaired) electrons. The number of nitrogens with one attached hydrogen (secondary N) is 2. The number of carbonyl (C=O) groups is 1. The van der Waals surface area contributed by atoms with Crippen molar-refractivity contribution in [3.05, 3.63) is 71.3 Å². The normalized spacial score (nSPS) is 10.2. The second-order valence-electron chi connectivity index (χ2n) is 5.41. The SMILES string of the molecule is N#Cc1ccc(CNC(=O)CNc2cc(-n3cccc3)nc(Cl)n2)cc1. The summed E-state index contributed by atoms with van der Waals surface area (Å²) in [5, 5.41) is 14.6. The molecule has 0 unspecified atom stereocenters. The van der Waals surface area contributed by atoms with E-state index in [1.54, 1.807) is 34.9 Å². The van der Waals surface area contributed by atoms with Gasteiger partial charge in [-0.15, -0.1) is 0 Å². The molecule has 3 aromatic rings. The van der Waals surface area contributed by atoms with E-state index in [2.05, 4.69) is 26.7 Å². The predicted molar refractivity (Wildman–Crippen MR) is 97.9 cm³/mol. The fraction of sp³-hybridized carbons (Fsp3) is 0.111. The van der Waals surface area contributed by atoms with E-state index >= 15 is 0 Å². The number of nitriles is 1. The van der Waals surface area contributed by atoms with Crippen molar-refractivity contribution in [1.29, 1.82) is 5.26 Å². The molecule has 7 nitrogen and oxygen atoms in total. The van der Waals surface area contributed by atoms with Crippen LogP contribution in [0.2, 0.25) is 5.28 Å². The van der Waals surface area contributed by atoms with Crippen LogP contribution in [0.3, 0.4) is 0 Å². The minimum absolute atomic E-state index is 0.0503. The van der Waals surface area contributed by atoms with Gasteiger partial charge in [0.15, 0.2) is 0 Å². The van der Waals surface area contributed by atoms with Gasteiger partial charge in [0, 0.05) is 25.0 Å². The monoisotopic (exact) mass is 366 g/mol. The summed E-state index contributed by atoms with van der Waals surface area (Å²) in [6.45, 7) is 0.431. The van der Waals surface area contributed by atoms with Gasteiger partial charge in [-0.2, -0.15) is 10.2 Å². The van der Waals surface area contributed by atoms with Gasteiger partial charge in [-0.25, -0.2) is 4.98 Å². The van der Waals surface area contributed by atoms with E-state index in [0.29, 0.717) is 23.7 Å². The molecule has 0 saturated heterocycles. The van der Waals surface area contributed by atoms with Crippen LogP contribution in [-0.4, -0.2) is 27.0 Å². The largest absolute Gasteiger partial charge is 0.361 e. The van der Waals surface area contributed by atoms with Crippen molar-refractivity contribution < 1.29 is 4.79 Å². The predicted octanol–water partition coefficient (Wildman–Crippen LogP) is 2.52. The molecule has 0 spiro atoms. The number of benzene rings is 1. The zero-order valence-electron chi connectivity index (χ0n) is 13.7. The Morgan fingerprint density at radius 1 is 1.19 bits per heavy atom. The second-order valence-corrected chi connectivity index (χ2v) is 5.75. The Kier molecular flexibility index (Phi) is 5.46. The zero-order valence-corrected chi connectivity index (χ0v) is 14.4. The Balaban J connectivity index is 1.55. The van der Waals surface area contributed by atoms with Crippen molar-refractivity contribution in [3.8, 4) is 11.9 Å². The lowest BCUT2D eigenvalue weighted by molar-refractivity contribution is -0.119. The zero-order chi connectivity index (χ0) is 18.4. The number of nitrogens with zero attached hydrogens (tertiary/aromatic N) is 4. The smallest absolute Gasteiger partial charge is 0.239 e. The van der Waals surface area contributed by atoms with Gasteiger partial charge in [-0.1, -0.05) is 12.1 Å². The summed E-state index contributed by atoms with van der Waals surface area (Å²) >= 11 is 5.95. The number of rotatable bonds is 6. The fourth-order valence-corrected chi connectivity index (χ4v) is 2.42. The Morgan fingerprint density at radius 3 is 2.62 bits per heavy atom. The van der Waals surface area contributed by atoms with Crippen LogP contribution in [0.15, 0.2) is 54.9 Å². The number of carbonyl (C=O) groups excluding carboxylic acids is 1. The first-order chi connectivity index (χ1) is 12.6. The van der Waals surface area contributed by atoms with Crippen LogP contribution in [0.5, 0.6) is 0 Å². The van der Waals surface area contributed by atoms with Gasteiger partial charge in [-0.3, -0.25) is 4.79 Å². The summed E-state index contributed by atoms with van der Waals surface area (Å²) in [5.41, 5.74) is 1.50. The van der Waals surface area contributed by atoms with Gasteiger partial charge in [0.25, 0.3) is 0 Å². The lowest BCUT2D eigenvalue weighted by atomic mass is 10.1. The summed E-state index contributed by atoms with van der Waals surface area (Å²) in [6, 6.07) is 14.6. The lowest BCUT2D eigenvalue weighted by Crippen LogP contribution is -2.29. The molecule has 0 aliphatic heterocycles. The summed E-state index contributed by atoms with van der Waals surface area (Å²) in [4.78, 5) is 20.2. The van der Waals surface area contributed by atoms with Gasteiger partial charge >= 0.3 is 0 Å².